The molecular formula is C26H26N4O3S. The molecule has 0 aliphatic carbocycles. The maximum absolute atomic E-state index is 12.7. The largest absolute Gasteiger partial charge is 0.497 e. The highest BCUT2D eigenvalue weighted by Gasteiger charge is 2.18. The highest BCUT2D eigenvalue weighted by molar-refractivity contribution is 7.99. The molecule has 1 amide bonds. The summed E-state index contributed by atoms with van der Waals surface area (Å²) in [6.45, 7) is 3.98. The minimum Gasteiger partial charge on any atom is -0.497 e. The first-order chi connectivity index (χ1) is 16.5. The molecule has 34 heavy (non-hydrogen) atoms. The summed E-state index contributed by atoms with van der Waals surface area (Å²) in [6, 6.07) is 21.3. The number of anilines is 1. The Bertz CT molecular complexity index is 1300. The van der Waals surface area contributed by atoms with E-state index in [0.29, 0.717) is 11.0 Å². The van der Waals surface area contributed by atoms with Crippen LogP contribution in [0.25, 0.3) is 17.1 Å². The quantitative estimate of drug-likeness (QED) is 0.349. The lowest BCUT2D eigenvalue weighted by atomic mass is 10.1. The molecule has 0 aliphatic heterocycles. The van der Waals surface area contributed by atoms with Crippen molar-refractivity contribution in [3.8, 4) is 28.6 Å². The maximum atomic E-state index is 12.7. The molecule has 0 saturated carbocycles. The molecule has 0 spiro atoms. The Morgan fingerprint density at radius 1 is 0.941 bits per heavy atom. The number of hydrogen-bond donors (Lipinski definition) is 1. The molecular weight excluding hydrogens is 448 g/mol. The second kappa shape index (κ2) is 10.4. The van der Waals surface area contributed by atoms with Crippen LogP contribution in [0.4, 0.5) is 5.69 Å². The van der Waals surface area contributed by atoms with E-state index in [1.165, 1.54) is 11.8 Å². The van der Waals surface area contributed by atoms with E-state index < -0.39 is 0 Å². The summed E-state index contributed by atoms with van der Waals surface area (Å²) in [7, 11) is 3.26. The van der Waals surface area contributed by atoms with E-state index in [9.17, 15) is 4.79 Å². The fraction of sp³-hybridized carbons (Fsp3) is 0.192. The van der Waals surface area contributed by atoms with Gasteiger partial charge in [-0.25, -0.2) is 0 Å². The highest BCUT2D eigenvalue weighted by Crippen LogP contribution is 2.30. The van der Waals surface area contributed by atoms with Gasteiger partial charge in [0.25, 0.3) is 0 Å². The van der Waals surface area contributed by atoms with Crippen molar-refractivity contribution in [2.75, 3.05) is 25.3 Å². The van der Waals surface area contributed by atoms with Gasteiger partial charge in [0.15, 0.2) is 11.0 Å². The number of thioether (sulfide) groups is 1. The lowest BCUT2D eigenvalue weighted by molar-refractivity contribution is -0.113. The summed E-state index contributed by atoms with van der Waals surface area (Å²) in [6.07, 6.45) is 0. The molecule has 0 unspecified atom stereocenters. The van der Waals surface area contributed by atoms with Gasteiger partial charge in [-0.1, -0.05) is 36.0 Å². The van der Waals surface area contributed by atoms with E-state index >= 15 is 0 Å². The van der Waals surface area contributed by atoms with Crippen LogP contribution in [0.2, 0.25) is 0 Å². The number of ether oxygens (including phenoxy) is 2. The summed E-state index contributed by atoms with van der Waals surface area (Å²) in [5.74, 6) is 2.22. The highest BCUT2D eigenvalue weighted by atomic mass is 32.2. The van der Waals surface area contributed by atoms with Gasteiger partial charge in [-0.15, -0.1) is 10.2 Å². The van der Waals surface area contributed by atoms with Gasteiger partial charge in [0.2, 0.25) is 5.91 Å². The van der Waals surface area contributed by atoms with E-state index in [4.69, 9.17) is 9.47 Å². The second-order valence-corrected chi connectivity index (χ2v) is 8.67. The molecule has 1 N–H and O–H groups in total. The zero-order chi connectivity index (χ0) is 24.1. The predicted octanol–water partition coefficient (Wildman–Crippen LogP) is 5.30. The molecule has 0 radical (unpaired) electrons. The van der Waals surface area contributed by atoms with Crippen molar-refractivity contribution in [1.82, 2.24) is 14.8 Å². The number of carbonyl (C=O) groups is 1. The maximum Gasteiger partial charge on any atom is 0.234 e. The van der Waals surface area contributed by atoms with Crippen molar-refractivity contribution in [2.45, 2.75) is 19.0 Å². The van der Waals surface area contributed by atoms with Crippen LogP contribution in [0, 0.1) is 13.8 Å². The Balaban J connectivity index is 1.63. The summed E-state index contributed by atoms with van der Waals surface area (Å²) in [5.41, 5.74) is 4.65. The van der Waals surface area contributed by atoms with Crippen LogP contribution in [0.15, 0.2) is 71.9 Å². The van der Waals surface area contributed by atoms with Crippen molar-refractivity contribution in [2.24, 2.45) is 0 Å². The molecule has 0 saturated heterocycles. The van der Waals surface area contributed by atoms with Crippen LogP contribution in [0.1, 0.15) is 11.1 Å². The normalized spacial score (nSPS) is 10.7. The first-order valence-electron chi connectivity index (χ1n) is 10.7. The number of nitrogens with one attached hydrogen (secondary N) is 1. The van der Waals surface area contributed by atoms with E-state index in [1.54, 1.807) is 14.2 Å². The van der Waals surface area contributed by atoms with Crippen molar-refractivity contribution in [3.05, 3.63) is 77.9 Å². The lowest BCUT2D eigenvalue weighted by Gasteiger charge is -2.12. The summed E-state index contributed by atoms with van der Waals surface area (Å²) >= 11 is 1.33. The van der Waals surface area contributed by atoms with E-state index in [1.807, 2.05) is 85.1 Å². The number of hydrogen-bond acceptors (Lipinski definition) is 6. The van der Waals surface area contributed by atoms with Crippen LogP contribution in [0.5, 0.6) is 11.5 Å². The zero-order valence-electron chi connectivity index (χ0n) is 19.5. The molecule has 0 aliphatic rings. The van der Waals surface area contributed by atoms with Crippen LogP contribution in [-0.4, -0.2) is 40.6 Å². The molecule has 0 fully saturated rings. The van der Waals surface area contributed by atoms with Crippen molar-refractivity contribution < 1.29 is 14.3 Å². The standard InChI is InChI=1S/C26H26N4O3S/c1-17-8-9-18(2)23(14-17)27-24(31)16-34-26-29-28-25(19-6-5-7-22(15-19)33-4)30(26)20-10-12-21(32-3)13-11-20/h5-15H,16H2,1-4H3,(H,27,31). The van der Waals surface area contributed by atoms with Crippen LogP contribution < -0.4 is 14.8 Å². The van der Waals surface area contributed by atoms with Gasteiger partial charge in [0.1, 0.15) is 11.5 Å². The van der Waals surface area contributed by atoms with Crippen LogP contribution in [0.3, 0.4) is 0 Å². The lowest BCUT2D eigenvalue weighted by Crippen LogP contribution is -2.15. The van der Waals surface area contributed by atoms with E-state index in [0.717, 1.165) is 39.6 Å². The second-order valence-electron chi connectivity index (χ2n) is 7.73. The smallest absolute Gasteiger partial charge is 0.234 e. The third kappa shape index (κ3) is 5.23. The van der Waals surface area contributed by atoms with Gasteiger partial charge in [0, 0.05) is 16.9 Å². The topological polar surface area (TPSA) is 78.3 Å². The zero-order valence-corrected chi connectivity index (χ0v) is 20.3. The van der Waals surface area contributed by atoms with Gasteiger partial charge < -0.3 is 14.8 Å². The number of aryl methyl sites for hydroxylation is 2. The average molecular weight is 475 g/mol. The number of nitrogens with zero attached hydrogens (tertiary/aromatic N) is 3. The molecule has 4 aromatic rings. The molecule has 1 aromatic heterocycles. The Morgan fingerprint density at radius 3 is 2.44 bits per heavy atom. The molecule has 3 aromatic carbocycles. The number of aromatic nitrogens is 3. The average Bonchev–Trinajstić information content (AvgIpc) is 3.29. The molecule has 7 nitrogen and oxygen atoms in total. The number of methoxy groups -OCH3 is 2. The molecule has 1 heterocycles. The number of rotatable bonds is 8. The molecule has 4 rings (SSSR count). The minimum absolute atomic E-state index is 0.106. The molecule has 0 bridgehead atoms. The van der Waals surface area contributed by atoms with Gasteiger partial charge in [-0.05, 0) is 67.4 Å². The van der Waals surface area contributed by atoms with Crippen LogP contribution in [-0.2, 0) is 4.79 Å². The third-order valence-corrected chi connectivity index (χ3v) is 6.22. The van der Waals surface area contributed by atoms with Gasteiger partial charge in [-0.3, -0.25) is 9.36 Å². The third-order valence-electron chi connectivity index (χ3n) is 5.29. The summed E-state index contributed by atoms with van der Waals surface area (Å²) in [5, 5.41) is 12.5. The Hall–Kier alpha value is -3.78. The Kier molecular flexibility index (Phi) is 7.18. The van der Waals surface area contributed by atoms with E-state index in [2.05, 4.69) is 15.5 Å². The van der Waals surface area contributed by atoms with Crippen molar-refractivity contribution >= 4 is 23.4 Å². The van der Waals surface area contributed by atoms with Gasteiger partial charge in [-0.2, -0.15) is 0 Å². The molecule has 174 valence electrons. The minimum atomic E-state index is -0.106. The van der Waals surface area contributed by atoms with Crippen molar-refractivity contribution in [1.29, 1.82) is 0 Å². The number of benzene rings is 3. The van der Waals surface area contributed by atoms with Gasteiger partial charge in [0.05, 0.1) is 20.0 Å². The Labute approximate surface area is 203 Å². The SMILES string of the molecule is COc1ccc(-n2c(SCC(=O)Nc3cc(C)ccc3C)nnc2-c2cccc(OC)c2)cc1. The monoisotopic (exact) mass is 474 g/mol. The first kappa shape index (κ1) is 23.4. The predicted molar refractivity (Wildman–Crippen MR) is 135 cm³/mol. The number of amides is 1. The molecule has 8 heteroatoms. The van der Waals surface area contributed by atoms with E-state index in [-0.39, 0.29) is 11.7 Å². The summed E-state index contributed by atoms with van der Waals surface area (Å²) in [4.78, 5) is 12.7. The molecule has 0 atom stereocenters. The fourth-order valence-corrected chi connectivity index (χ4v) is 4.22. The fourth-order valence-electron chi connectivity index (χ4n) is 3.46. The van der Waals surface area contributed by atoms with Gasteiger partial charge >= 0.3 is 0 Å². The number of carbonyl (C=O) groups excluding carboxylic acids is 1. The van der Waals surface area contributed by atoms with Crippen LogP contribution >= 0.6 is 11.8 Å². The Morgan fingerprint density at radius 2 is 1.71 bits per heavy atom. The summed E-state index contributed by atoms with van der Waals surface area (Å²) < 4.78 is 12.6. The first-order valence-corrected chi connectivity index (χ1v) is 11.7. The van der Waals surface area contributed by atoms with Crippen molar-refractivity contribution in [3.63, 3.8) is 0 Å².